The van der Waals surface area contributed by atoms with Gasteiger partial charge in [-0.05, 0) is 79.1 Å². The number of amides is 2. The smallest absolute Gasteiger partial charge is 0.306 e. The summed E-state index contributed by atoms with van der Waals surface area (Å²) >= 11 is 4.46. The number of nitroso groups, excluding NO2 is 1. The van der Waals surface area contributed by atoms with Gasteiger partial charge in [0.25, 0.3) is 11.6 Å². The van der Waals surface area contributed by atoms with E-state index in [9.17, 15) is 19.0 Å². The van der Waals surface area contributed by atoms with Crippen molar-refractivity contribution in [1.82, 2.24) is 24.5 Å². The number of nitrogens with zero attached hydrogens (tertiary/aromatic N) is 4. The van der Waals surface area contributed by atoms with Crippen molar-refractivity contribution >= 4 is 62.9 Å². The average molecular weight is 841 g/mol. The number of carbonyl (C=O) groups is 2. The maximum atomic E-state index is 13.9. The number of benzene rings is 3. The molecule has 3 aromatic carbocycles. The lowest BCUT2D eigenvalue weighted by atomic mass is 9.84. The molecule has 0 aliphatic carbocycles. The number of rotatable bonds is 13. The van der Waals surface area contributed by atoms with E-state index in [0.29, 0.717) is 51.6 Å². The lowest BCUT2D eigenvalue weighted by molar-refractivity contribution is -0.378. The molecule has 2 aromatic heterocycles. The summed E-state index contributed by atoms with van der Waals surface area (Å²) in [5.74, 6) is 1.12. The maximum Gasteiger partial charge on any atom is 0.306 e. The number of fused-ring (bicyclic) bond motifs is 1. The highest BCUT2D eigenvalue weighted by Gasteiger charge is 2.36. The lowest BCUT2D eigenvalue weighted by Crippen LogP contribution is -2.56. The Morgan fingerprint density at radius 3 is 2.61 bits per heavy atom. The van der Waals surface area contributed by atoms with Crippen molar-refractivity contribution in [3.05, 3.63) is 106 Å². The quantitative estimate of drug-likeness (QED) is 0.0909. The van der Waals surface area contributed by atoms with E-state index >= 15 is 0 Å². The molecule has 2 amide bonds. The molecule has 5 aromatic rings. The highest BCUT2D eigenvalue weighted by molar-refractivity contribution is 7.90. The van der Waals surface area contributed by atoms with E-state index in [4.69, 9.17) is 21.1 Å². The minimum atomic E-state index is -1.74. The number of aromatic nitrogens is 2. The van der Waals surface area contributed by atoms with Gasteiger partial charge in [-0.1, -0.05) is 23.7 Å². The number of hydrogen-bond acceptors (Lipinski definition) is 10. The van der Waals surface area contributed by atoms with Gasteiger partial charge in [0.15, 0.2) is 0 Å². The van der Waals surface area contributed by atoms with Crippen LogP contribution in [-0.4, -0.2) is 95.7 Å². The zero-order chi connectivity index (χ0) is 40.9. The van der Waals surface area contributed by atoms with Crippen molar-refractivity contribution in [2.45, 2.75) is 36.6 Å². The highest BCUT2D eigenvalue weighted by Crippen LogP contribution is 2.38. The Bertz CT molecular complexity index is 2280. The fraction of sp³-hybridized carbons (Fsp3) is 0.372. The van der Waals surface area contributed by atoms with Crippen LogP contribution in [0, 0.1) is 16.7 Å². The lowest BCUT2D eigenvalue weighted by Gasteiger charge is -2.43. The molecule has 308 valence electrons. The van der Waals surface area contributed by atoms with Crippen LogP contribution in [0.25, 0.3) is 11.0 Å². The predicted molar refractivity (Wildman–Crippen MR) is 229 cm³/mol. The zero-order valence-electron chi connectivity index (χ0n) is 32.9. The zero-order valence-corrected chi connectivity index (χ0v) is 34.4. The summed E-state index contributed by atoms with van der Waals surface area (Å²) in [5.41, 5.74) is 3.84. The van der Waals surface area contributed by atoms with Crippen molar-refractivity contribution in [3.63, 3.8) is 0 Å². The first kappa shape index (κ1) is 40.6. The van der Waals surface area contributed by atoms with Crippen LogP contribution in [0.15, 0.2) is 90.1 Å². The van der Waals surface area contributed by atoms with Gasteiger partial charge in [-0.25, -0.2) is 4.98 Å². The van der Waals surface area contributed by atoms with Crippen LogP contribution in [0.5, 0.6) is 11.5 Å². The number of ether oxygens (including phenoxy) is 2. The van der Waals surface area contributed by atoms with Gasteiger partial charge in [0.2, 0.25) is 10.8 Å². The number of likely N-dealkylation sites (tertiary alicyclic amines) is 1. The Morgan fingerprint density at radius 2 is 1.83 bits per heavy atom. The molecule has 3 atom stereocenters. The molecule has 0 bridgehead atoms. The number of piperazine rings is 1. The van der Waals surface area contributed by atoms with E-state index in [1.54, 1.807) is 36.7 Å². The summed E-state index contributed by atoms with van der Waals surface area (Å²) in [6, 6.07) is 22.0. The largest absolute Gasteiger partial charge is 0.455 e. The Hall–Kier alpha value is -5.19. The van der Waals surface area contributed by atoms with Crippen molar-refractivity contribution < 1.29 is 28.8 Å². The van der Waals surface area contributed by atoms with E-state index in [1.807, 2.05) is 65.7 Å². The van der Waals surface area contributed by atoms with E-state index in [2.05, 4.69) is 29.8 Å². The van der Waals surface area contributed by atoms with Crippen molar-refractivity contribution in [1.29, 1.82) is 0 Å². The normalized spacial score (nSPS) is 19.7. The van der Waals surface area contributed by atoms with Crippen LogP contribution >= 0.6 is 11.6 Å². The number of pyridine rings is 1. The fourth-order valence-corrected chi connectivity index (χ4v) is 9.31. The van der Waals surface area contributed by atoms with Gasteiger partial charge in [0.05, 0.1) is 23.9 Å². The number of piperidine rings is 1. The second-order valence-electron chi connectivity index (χ2n) is 15.4. The fourth-order valence-electron chi connectivity index (χ4n) is 8.35. The molecule has 3 aliphatic rings. The monoisotopic (exact) mass is 840 g/mol. The van der Waals surface area contributed by atoms with E-state index in [1.165, 1.54) is 0 Å². The molecule has 0 spiro atoms. The van der Waals surface area contributed by atoms with Crippen LogP contribution < -0.4 is 24.9 Å². The van der Waals surface area contributed by atoms with Crippen LogP contribution in [0.2, 0.25) is 5.02 Å². The summed E-state index contributed by atoms with van der Waals surface area (Å²) in [7, 11) is 1.90. The van der Waals surface area contributed by atoms with Crippen LogP contribution in [0.1, 0.15) is 47.6 Å². The van der Waals surface area contributed by atoms with Crippen molar-refractivity contribution in [2.75, 3.05) is 69.7 Å². The Kier molecular flexibility index (Phi) is 12.6. The van der Waals surface area contributed by atoms with Gasteiger partial charge >= 0.3 is 11.4 Å². The molecule has 5 N–H and O–H groups in total. The highest BCUT2D eigenvalue weighted by atomic mass is 35.5. The number of halogens is 1. The van der Waals surface area contributed by atoms with Crippen molar-refractivity contribution in [2.24, 2.45) is 11.8 Å². The third-order valence-corrected chi connectivity index (χ3v) is 13.0. The molecule has 59 heavy (non-hydrogen) atoms. The summed E-state index contributed by atoms with van der Waals surface area (Å²) in [6.45, 7) is 6.19. The minimum absolute atomic E-state index is 0.0157. The predicted octanol–water partition coefficient (Wildman–Crippen LogP) is 5.85. The average Bonchev–Trinajstić information content (AvgIpc) is 3.73. The first-order chi connectivity index (χ1) is 28.7. The third-order valence-electron chi connectivity index (χ3n) is 11.7. The second kappa shape index (κ2) is 18.4. The first-order valence-electron chi connectivity index (χ1n) is 20.0. The maximum absolute atomic E-state index is 13.9. The molecule has 14 nitrogen and oxygen atoms in total. The van der Waals surface area contributed by atoms with Crippen LogP contribution in [0.4, 0.5) is 17.1 Å². The molecule has 16 heteroatoms. The van der Waals surface area contributed by atoms with Gasteiger partial charge in [-0.15, -0.1) is 4.72 Å². The summed E-state index contributed by atoms with van der Waals surface area (Å²) < 4.78 is 25.8. The Labute approximate surface area is 350 Å². The molecule has 2 unspecified atom stereocenters. The van der Waals surface area contributed by atoms with Gasteiger partial charge < -0.3 is 29.6 Å². The summed E-state index contributed by atoms with van der Waals surface area (Å²) in [6.07, 6.45) is 6.68. The molecule has 0 saturated carbocycles. The number of H-pyrrole nitrogens is 1. The number of hydrogen-bond donors (Lipinski definition) is 5. The van der Waals surface area contributed by atoms with Crippen molar-refractivity contribution in [3.8, 4) is 11.5 Å². The van der Waals surface area contributed by atoms with E-state index < -0.39 is 17.3 Å². The second-order valence-corrected chi connectivity index (χ2v) is 17.1. The SMILES string of the molecule is CN1C(=O)CCC(CN2CCN(c3ccc(C(=O)N[S+](O)c4ccc(NCC5CCOCC5)c([NH+]=O)c4)c(Oc4cnc5[nH]ccc5c4)c3)CC2)[C@H]1c1ccc(Cl)cc1. The molecule has 5 heterocycles. The number of nitrogens with one attached hydrogen (secondary N) is 4. The molecular formula is C43H49ClN8O6S+2. The topological polar surface area (TPSA) is 166 Å². The first-order valence-corrected chi connectivity index (χ1v) is 21.6. The van der Waals surface area contributed by atoms with Gasteiger partial charge in [0, 0.05) is 110 Å². The van der Waals surface area contributed by atoms with Gasteiger partial charge in [-0.2, -0.15) is 4.55 Å². The van der Waals surface area contributed by atoms with Gasteiger partial charge in [0.1, 0.15) is 22.8 Å². The number of anilines is 2. The molecule has 3 fully saturated rings. The summed E-state index contributed by atoms with van der Waals surface area (Å²) in [5, 5.41) is 6.85. The minimum Gasteiger partial charge on any atom is -0.455 e. The molecule has 0 radical (unpaired) electrons. The molecular weight excluding hydrogens is 792 g/mol. The number of carbonyl (C=O) groups excluding carboxylic acids is 2. The van der Waals surface area contributed by atoms with Crippen LogP contribution in [-0.2, 0) is 20.9 Å². The standard InChI is InChI=1S/C43H47ClN8O6S/c1-50-40(53)11-4-31(41(50)29-2-5-32(44)6-3-29)27-51-16-18-52(19-17-51)33-7-9-36(39(23-33)58-34-22-30-12-15-45-42(30)47-26-34)43(54)49-59(56)35-8-10-37(38(24-35)48-55)46-25-28-13-20-57-21-14-28/h2-3,5-10,12,15,22-24,26,28,31,41,56H,4,11,13-14,16-21,25,27H2,1H3,(H2-,45,46,47,49,54,55)/p+2/t31?,41-,59?/m1/s1. The Morgan fingerprint density at radius 1 is 1.03 bits per heavy atom. The third kappa shape index (κ3) is 9.50. The Balaban J connectivity index is 0.963. The molecule has 8 rings (SSSR count). The number of aromatic amines is 1. The van der Waals surface area contributed by atoms with E-state index in [-0.39, 0.29) is 29.1 Å². The molecule has 3 aliphatic heterocycles. The van der Waals surface area contributed by atoms with E-state index in [0.717, 1.165) is 81.8 Å². The molecule has 3 saturated heterocycles. The summed E-state index contributed by atoms with van der Waals surface area (Å²) in [4.78, 5) is 53.2. The van der Waals surface area contributed by atoms with Gasteiger partial charge in [-0.3, -0.25) is 14.5 Å². The van der Waals surface area contributed by atoms with Crippen LogP contribution in [0.3, 0.4) is 0 Å².